The molecule has 1 atom stereocenters. The third kappa shape index (κ3) is 6.18. The second-order valence-corrected chi connectivity index (χ2v) is 4.31. The SMILES string of the molecule is CCCNC(=O)NC(=O)CN1CCC(NC)C1.Cl. The van der Waals surface area contributed by atoms with Gasteiger partial charge in [0, 0.05) is 25.7 Å². The van der Waals surface area contributed by atoms with Crippen molar-refractivity contribution >= 4 is 24.3 Å². The van der Waals surface area contributed by atoms with E-state index in [1.54, 1.807) is 0 Å². The highest BCUT2D eigenvalue weighted by molar-refractivity contribution is 5.95. The van der Waals surface area contributed by atoms with Crippen molar-refractivity contribution in [2.75, 3.05) is 33.2 Å². The first-order valence-corrected chi connectivity index (χ1v) is 6.13. The lowest BCUT2D eigenvalue weighted by Crippen LogP contribution is -2.44. The zero-order chi connectivity index (χ0) is 12.7. The summed E-state index contributed by atoms with van der Waals surface area (Å²) in [4.78, 5) is 24.8. The third-order valence-corrected chi connectivity index (χ3v) is 2.84. The number of likely N-dealkylation sites (tertiary alicyclic amines) is 1. The van der Waals surface area contributed by atoms with Crippen molar-refractivity contribution in [1.82, 2.24) is 20.9 Å². The quantitative estimate of drug-likeness (QED) is 0.659. The molecule has 0 bridgehead atoms. The zero-order valence-corrected chi connectivity index (χ0v) is 11.8. The van der Waals surface area contributed by atoms with Crippen LogP contribution in [0.5, 0.6) is 0 Å². The van der Waals surface area contributed by atoms with Crippen LogP contribution in [0.3, 0.4) is 0 Å². The molecule has 1 aliphatic heterocycles. The minimum absolute atomic E-state index is 0. The second-order valence-electron chi connectivity index (χ2n) is 4.31. The first-order chi connectivity index (χ1) is 8.15. The van der Waals surface area contributed by atoms with Crippen molar-refractivity contribution in [3.63, 3.8) is 0 Å². The molecule has 0 aromatic rings. The van der Waals surface area contributed by atoms with Crippen molar-refractivity contribution in [2.45, 2.75) is 25.8 Å². The molecule has 1 aliphatic rings. The maximum absolute atomic E-state index is 11.5. The van der Waals surface area contributed by atoms with Gasteiger partial charge in [-0.05, 0) is 19.9 Å². The molecule has 1 rings (SSSR count). The number of amides is 3. The Labute approximate surface area is 114 Å². The summed E-state index contributed by atoms with van der Waals surface area (Å²) in [5.74, 6) is -0.240. The third-order valence-electron chi connectivity index (χ3n) is 2.84. The summed E-state index contributed by atoms with van der Waals surface area (Å²) in [6.45, 7) is 4.60. The van der Waals surface area contributed by atoms with Crippen molar-refractivity contribution in [3.05, 3.63) is 0 Å². The summed E-state index contributed by atoms with van der Waals surface area (Å²) < 4.78 is 0. The molecule has 0 aromatic heterocycles. The minimum Gasteiger partial charge on any atom is -0.338 e. The average Bonchev–Trinajstić information content (AvgIpc) is 2.73. The molecule has 106 valence electrons. The van der Waals surface area contributed by atoms with Crippen molar-refractivity contribution in [3.8, 4) is 0 Å². The number of urea groups is 1. The molecule has 6 nitrogen and oxygen atoms in total. The van der Waals surface area contributed by atoms with Crippen LogP contribution in [0, 0.1) is 0 Å². The van der Waals surface area contributed by atoms with E-state index in [4.69, 9.17) is 0 Å². The number of halogens is 1. The van der Waals surface area contributed by atoms with E-state index in [0.29, 0.717) is 12.6 Å². The van der Waals surface area contributed by atoms with Gasteiger partial charge in [0.15, 0.2) is 0 Å². The van der Waals surface area contributed by atoms with E-state index >= 15 is 0 Å². The largest absolute Gasteiger partial charge is 0.338 e. The summed E-state index contributed by atoms with van der Waals surface area (Å²) in [6, 6.07) is 0.0536. The Morgan fingerprint density at radius 1 is 1.39 bits per heavy atom. The first-order valence-electron chi connectivity index (χ1n) is 6.13. The van der Waals surface area contributed by atoms with Crippen LogP contribution in [0.25, 0.3) is 0 Å². The molecule has 1 fully saturated rings. The fourth-order valence-electron chi connectivity index (χ4n) is 1.86. The Kier molecular flexibility index (Phi) is 8.70. The standard InChI is InChI=1S/C11H22N4O2.ClH/c1-3-5-13-11(17)14-10(16)8-15-6-4-9(7-15)12-2;/h9,12H,3-8H2,1-2H3,(H2,13,14,16,17);1H. The summed E-state index contributed by atoms with van der Waals surface area (Å²) in [5.41, 5.74) is 0. The molecule has 1 saturated heterocycles. The monoisotopic (exact) mass is 278 g/mol. The highest BCUT2D eigenvalue weighted by Crippen LogP contribution is 2.07. The van der Waals surface area contributed by atoms with Gasteiger partial charge in [0.25, 0.3) is 0 Å². The number of nitrogens with zero attached hydrogens (tertiary/aromatic N) is 1. The molecule has 0 saturated carbocycles. The van der Waals surface area contributed by atoms with Gasteiger partial charge < -0.3 is 10.6 Å². The lowest BCUT2D eigenvalue weighted by molar-refractivity contribution is -0.120. The molecular formula is C11H23ClN4O2. The fraction of sp³-hybridized carbons (Fsp3) is 0.818. The van der Waals surface area contributed by atoms with Gasteiger partial charge in [-0.3, -0.25) is 15.0 Å². The van der Waals surface area contributed by atoms with Crippen molar-refractivity contribution < 1.29 is 9.59 Å². The number of likely N-dealkylation sites (N-methyl/N-ethyl adjacent to an activating group) is 1. The van der Waals surface area contributed by atoms with E-state index in [1.807, 2.05) is 18.9 Å². The van der Waals surface area contributed by atoms with E-state index in [-0.39, 0.29) is 24.9 Å². The van der Waals surface area contributed by atoms with Gasteiger partial charge in [0.2, 0.25) is 5.91 Å². The number of imide groups is 1. The molecule has 0 aliphatic carbocycles. The van der Waals surface area contributed by atoms with Crippen molar-refractivity contribution in [1.29, 1.82) is 0 Å². The molecular weight excluding hydrogens is 256 g/mol. The summed E-state index contributed by atoms with van der Waals surface area (Å²) >= 11 is 0. The number of nitrogens with one attached hydrogen (secondary N) is 3. The van der Waals surface area contributed by atoms with Crippen LogP contribution >= 0.6 is 12.4 Å². The van der Waals surface area contributed by atoms with Crippen LogP contribution in [0.4, 0.5) is 4.79 Å². The molecule has 3 N–H and O–H groups in total. The molecule has 0 radical (unpaired) electrons. The zero-order valence-electron chi connectivity index (χ0n) is 11.0. The average molecular weight is 279 g/mol. The molecule has 18 heavy (non-hydrogen) atoms. The van der Waals surface area contributed by atoms with E-state index < -0.39 is 6.03 Å². The summed E-state index contributed by atoms with van der Waals surface area (Å²) in [6.07, 6.45) is 1.91. The Morgan fingerprint density at radius 2 is 2.11 bits per heavy atom. The van der Waals surface area contributed by atoms with Crippen LogP contribution < -0.4 is 16.0 Å². The lowest BCUT2D eigenvalue weighted by atomic mass is 10.3. The minimum atomic E-state index is -0.402. The maximum atomic E-state index is 11.5. The molecule has 0 spiro atoms. The number of rotatable bonds is 5. The van der Waals surface area contributed by atoms with Crippen LogP contribution in [0.1, 0.15) is 19.8 Å². The van der Waals surface area contributed by atoms with E-state index in [2.05, 4.69) is 16.0 Å². The Hall–Kier alpha value is -0.850. The number of carbonyl (C=O) groups is 2. The predicted molar refractivity (Wildman–Crippen MR) is 73.0 cm³/mol. The molecule has 1 unspecified atom stereocenters. The molecule has 3 amide bonds. The Balaban J connectivity index is 0.00000289. The van der Waals surface area contributed by atoms with Crippen LogP contribution in [-0.4, -0.2) is 56.1 Å². The Bertz CT molecular complexity index is 276. The van der Waals surface area contributed by atoms with E-state index in [1.165, 1.54) is 0 Å². The number of carbonyl (C=O) groups excluding carboxylic acids is 2. The van der Waals surface area contributed by atoms with Gasteiger partial charge in [-0.2, -0.15) is 0 Å². The smallest absolute Gasteiger partial charge is 0.321 e. The maximum Gasteiger partial charge on any atom is 0.321 e. The van der Waals surface area contributed by atoms with Crippen molar-refractivity contribution in [2.24, 2.45) is 0 Å². The highest BCUT2D eigenvalue weighted by atomic mass is 35.5. The van der Waals surface area contributed by atoms with Crippen LogP contribution in [0.15, 0.2) is 0 Å². The van der Waals surface area contributed by atoms with Gasteiger partial charge in [-0.25, -0.2) is 4.79 Å². The highest BCUT2D eigenvalue weighted by Gasteiger charge is 2.22. The normalized spacial score (nSPS) is 19.1. The van der Waals surface area contributed by atoms with Gasteiger partial charge >= 0.3 is 6.03 Å². The topological polar surface area (TPSA) is 73.5 Å². The number of hydrogen-bond acceptors (Lipinski definition) is 4. The summed E-state index contributed by atoms with van der Waals surface area (Å²) in [7, 11) is 1.92. The van der Waals surface area contributed by atoms with Crippen LogP contribution in [0.2, 0.25) is 0 Å². The van der Waals surface area contributed by atoms with Gasteiger partial charge in [-0.15, -0.1) is 12.4 Å². The Morgan fingerprint density at radius 3 is 2.67 bits per heavy atom. The lowest BCUT2D eigenvalue weighted by Gasteiger charge is -2.15. The predicted octanol–water partition coefficient (Wildman–Crippen LogP) is -0.0623. The molecule has 0 aromatic carbocycles. The van der Waals surface area contributed by atoms with Gasteiger partial charge in [0.1, 0.15) is 0 Å². The van der Waals surface area contributed by atoms with Gasteiger partial charge in [0.05, 0.1) is 6.54 Å². The van der Waals surface area contributed by atoms with Crippen LogP contribution in [-0.2, 0) is 4.79 Å². The fourth-order valence-corrected chi connectivity index (χ4v) is 1.86. The first kappa shape index (κ1) is 17.2. The summed E-state index contributed by atoms with van der Waals surface area (Å²) in [5, 5.41) is 8.11. The second kappa shape index (κ2) is 9.13. The molecule has 1 heterocycles. The number of hydrogen-bond donors (Lipinski definition) is 3. The van der Waals surface area contributed by atoms with E-state index in [0.717, 1.165) is 25.9 Å². The molecule has 7 heteroatoms. The van der Waals surface area contributed by atoms with Gasteiger partial charge in [-0.1, -0.05) is 6.92 Å². The van der Waals surface area contributed by atoms with E-state index in [9.17, 15) is 9.59 Å².